The molecule has 0 N–H and O–H groups in total. The van der Waals surface area contributed by atoms with Crippen molar-refractivity contribution in [1.82, 2.24) is 0 Å². The Morgan fingerprint density at radius 2 is 0.981 bits per heavy atom. The third kappa shape index (κ3) is 5.66. The van der Waals surface area contributed by atoms with Gasteiger partial charge in [-0.3, -0.25) is 0 Å². The van der Waals surface area contributed by atoms with Crippen LogP contribution in [0.15, 0.2) is 146 Å². The highest BCUT2D eigenvalue weighted by molar-refractivity contribution is 7.00. The van der Waals surface area contributed by atoms with E-state index in [0.29, 0.717) is 11.8 Å². The minimum atomic E-state index is 0.0871. The molecule has 0 aromatic heterocycles. The number of anilines is 6. The van der Waals surface area contributed by atoms with Crippen LogP contribution in [0.3, 0.4) is 0 Å². The first-order valence-electron chi connectivity index (χ1n) is 19.5. The zero-order valence-corrected chi connectivity index (χ0v) is 32.5. The van der Waals surface area contributed by atoms with Crippen LogP contribution in [0.2, 0.25) is 0 Å². The Balaban J connectivity index is 1.38. The number of fused-ring (bicyclic) bond motifs is 4. The highest BCUT2D eigenvalue weighted by atomic mass is 15.2. The Morgan fingerprint density at radius 3 is 1.57 bits per heavy atom. The van der Waals surface area contributed by atoms with E-state index < -0.39 is 0 Å². The molecule has 0 saturated carbocycles. The molecule has 264 valence electrons. The molecule has 54 heavy (non-hydrogen) atoms. The topological polar surface area (TPSA) is 6.48 Å². The van der Waals surface area contributed by atoms with E-state index in [9.17, 15) is 0 Å². The van der Waals surface area contributed by atoms with Gasteiger partial charge in [0.25, 0.3) is 6.71 Å². The summed E-state index contributed by atoms with van der Waals surface area (Å²) in [5, 5.41) is 0. The Bertz CT molecular complexity index is 2550. The van der Waals surface area contributed by atoms with E-state index in [2.05, 4.69) is 204 Å². The first kappa shape index (κ1) is 34.0. The second-order valence-electron chi connectivity index (χ2n) is 16.1. The van der Waals surface area contributed by atoms with Crippen LogP contribution in [-0.4, -0.2) is 6.71 Å². The van der Waals surface area contributed by atoms with E-state index >= 15 is 0 Å². The van der Waals surface area contributed by atoms with Crippen molar-refractivity contribution < 1.29 is 0 Å². The number of aryl methyl sites for hydroxylation is 3. The quantitative estimate of drug-likeness (QED) is 0.160. The highest BCUT2D eigenvalue weighted by Gasteiger charge is 2.44. The average Bonchev–Trinajstić information content (AvgIpc) is 3.18. The SMILES string of the molecule is Cc1ccc(N2c3ccc(C(C)C)cc3B3c4cc(C(C)C)ccc4N(c4cc(-c5ccccc5)cc(-c5ccccc5C)c4)c4cc(C)cc2c43)cc1. The van der Waals surface area contributed by atoms with Crippen molar-refractivity contribution >= 4 is 57.2 Å². The normalized spacial score (nSPS) is 12.9. The Hall–Kier alpha value is -5.80. The average molecular weight is 699 g/mol. The number of benzene rings is 7. The molecule has 0 aliphatic carbocycles. The molecule has 0 fully saturated rings. The largest absolute Gasteiger partial charge is 0.311 e. The van der Waals surface area contributed by atoms with Crippen molar-refractivity contribution in [3.63, 3.8) is 0 Å². The summed E-state index contributed by atoms with van der Waals surface area (Å²) in [6, 6.07) is 55.2. The predicted octanol–water partition coefficient (Wildman–Crippen LogP) is 12.3. The summed E-state index contributed by atoms with van der Waals surface area (Å²) >= 11 is 0. The Labute approximate surface area is 321 Å². The lowest BCUT2D eigenvalue weighted by molar-refractivity contribution is 0.867. The third-order valence-corrected chi connectivity index (χ3v) is 11.6. The van der Waals surface area contributed by atoms with E-state index in [1.807, 2.05) is 0 Å². The smallest absolute Gasteiger partial charge is 0.252 e. The molecule has 2 aliphatic heterocycles. The van der Waals surface area contributed by atoms with Gasteiger partial charge in [-0.25, -0.2) is 0 Å². The Kier molecular flexibility index (Phi) is 8.34. The molecule has 7 aromatic rings. The van der Waals surface area contributed by atoms with Gasteiger partial charge in [0.15, 0.2) is 0 Å². The first-order valence-corrected chi connectivity index (χ1v) is 19.5. The molecular weight excluding hydrogens is 651 g/mol. The van der Waals surface area contributed by atoms with Gasteiger partial charge in [0, 0.05) is 34.1 Å². The van der Waals surface area contributed by atoms with Gasteiger partial charge in [-0.05, 0) is 148 Å². The van der Waals surface area contributed by atoms with Crippen LogP contribution < -0.4 is 26.2 Å². The van der Waals surface area contributed by atoms with Crippen LogP contribution in [-0.2, 0) is 0 Å². The fraction of sp³-hybridized carbons (Fsp3) is 0.176. The van der Waals surface area contributed by atoms with E-state index in [4.69, 9.17) is 0 Å². The molecular formula is C51H47BN2. The summed E-state index contributed by atoms with van der Waals surface area (Å²) in [7, 11) is 0. The number of nitrogens with zero attached hydrogens (tertiary/aromatic N) is 2. The molecule has 0 atom stereocenters. The molecule has 2 heterocycles. The highest BCUT2D eigenvalue weighted by Crippen LogP contribution is 2.46. The summed E-state index contributed by atoms with van der Waals surface area (Å²) in [6.07, 6.45) is 0. The van der Waals surface area contributed by atoms with Crippen molar-refractivity contribution in [3.05, 3.63) is 173 Å². The molecule has 0 radical (unpaired) electrons. The van der Waals surface area contributed by atoms with Crippen LogP contribution in [0.4, 0.5) is 34.1 Å². The lowest BCUT2D eigenvalue weighted by atomic mass is 9.33. The first-order chi connectivity index (χ1) is 26.2. The number of hydrogen-bond acceptors (Lipinski definition) is 2. The van der Waals surface area contributed by atoms with E-state index in [1.54, 1.807) is 0 Å². The van der Waals surface area contributed by atoms with E-state index in [1.165, 1.54) is 101 Å². The maximum atomic E-state index is 2.57. The Morgan fingerprint density at radius 1 is 0.426 bits per heavy atom. The molecule has 9 rings (SSSR count). The molecule has 0 bridgehead atoms. The fourth-order valence-electron chi connectivity index (χ4n) is 8.74. The van der Waals surface area contributed by atoms with Crippen LogP contribution in [0.5, 0.6) is 0 Å². The standard InChI is InChI=1S/C51H47BN2/c1-32(2)38-19-23-47-45(30-38)52-46-31-39(33(3)4)20-24-48(46)54(50-26-35(6)25-49(51(50)52)53(47)42-21-17-34(5)18-22-42)43-28-40(37-14-9-8-10-15-37)27-41(29-43)44-16-12-11-13-36(44)7/h8-33H,1-7H3. The predicted molar refractivity (Wildman–Crippen MR) is 234 cm³/mol. The maximum Gasteiger partial charge on any atom is 0.252 e. The summed E-state index contributed by atoms with van der Waals surface area (Å²) in [4.78, 5) is 5.09. The van der Waals surface area contributed by atoms with Crippen molar-refractivity contribution in [3.8, 4) is 22.3 Å². The zero-order chi connectivity index (χ0) is 37.2. The van der Waals surface area contributed by atoms with Gasteiger partial charge >= 0.3 is 0 Å². The minimum Gasteiger partial charge on any atom is -0.311 e. The van der Waals surface area contributed by atoms with Gasteiger partial charge in [0.2, 0.25) is 0 Å². The lowest BCUT2D eigenvalue weighted by Gasteiger charge is -2.45. The van der Waals surface area contributed by atoms with E-state index in [0.717, 1.165) is 0 Å². The van der Waals surface area contributed by atoms with Gasteiger partial charge in [-0.1, -0.05) is 124 Å². The summed E-state index contributed by atoms with van der Waals surface area (Å²) < 4.78 is 0. The van der Waals surface area contributed by atoms with Gasteiger partial charge in [0.05, 0.1) is 0 Å². The van der Waals surface area contributed by atoms with Crippen molar-refractivity contribution in [2.75, 3.05) is 9.80 Å². The second kappa shape index (κ2) is 13.3. The number of rotatable bonds is 6. The number of hydrogen-bond donors (Lipinski definition) is 0. The zero-order valence-electron chi connectivity index (χ0n) is 32.5. The molecule has 0 unspecified atom stereocenters. The van der Waals surface area contributed by atoms with Crippen LogP contribution in [0.1, 0.15) is 67.3 Å². The van der Waals surface area contributed by atoms with Crippen molar-refractivity contribution in [2.24, 2.45) is 0 Å². The second-order valence-corrected chi connectivity index (χ2v) is 16.1. The van der Waals surface area contributed by atoms with Crippen molar-refractivity contribution in [1.29, 1.82) is 0 Å². The molecule has 0 saturated heterocycles. The van der Waals surface area contributed by atoms with Gasteiger partial charge in [-0.15, -0.1) is 0 Å². The molecule has 3 heteroatoms. The van der Waals surface area contributed by atoms with E-state index in [-0.39, 0.29) is 6.71 Å². The van der Waals surface area contributed by atoms with Crippen LogP contribution in [0, 0.1) is 20.8 Å². The van der Waals surface area contributed by atoms with Gasteiger partial charge in [0.1, 0.15) is 0 Å². The summed E-state index contributed by atoms with van der Waals surface area (Å²) in [5.74, 6) is 0.829. The van der Waals surface area contributed by atoms with Crippen LogP contribution >= 0.6 is 0 Å². The minimum absolute atomic E-state index is 0.0871. The monoisotopic (exact) mass is 698 g/mol. The van der Waals surface area contributed by atoms with Gasteiger partial charge in [-0.2, -0.15) is 0 Å². The summed E-state index contributed by atoms with van der Waals surface area (Å²) in [6.45, 7) is 16.0. The molecule has 2 aliphatic rings. The van der Waals surface area contributed by atoms with Crippen molar-refractivity contribution in [2.45, 2.75) is 60.3 Å². The molecule has 2 nitrogen and oxygen atoms in total. The third-order valence-electron chi connectivity index (χ3n) is 11.6. The lowest BCUT2D eigenvalue weighted by Crippen LogP contribution is -2.61. The van der Waals surface area contributed by atoms with Crippen LogP contribution in [0.25, 0.3) is 22.3 Å². The summed E-state index contributed by atoms with van der Waals surface area (Å²) in [5.41, 5.74) is 22.9. The molecule has 0 spiro atoms. The maximum absolute atomic E-state index is 2.57. The fourth-order valence-corrected chi connectivity index (χ4v) is 8.74. The molecule has 7 aromatic carbocycles. The van der Waals surface area contributed by atoms with Gasteiger partial charge < -0.3 is 9.80 Å². The molecule has 0 amide bonds.